The molecule has 3 rings (SSSR count). The SMILES string of the molecule is CCOc1ccc2[nH]c(-c3cc(Br)ccc3Br)nc2n1. The first kappa shape index (κ1) is 13.6. The van der Waals surface area contributed by atoms with Crippen LogP contribution >= 0.6 is 31.9 Å². The molecule has 0 saturated carbocycles. The number of benzene rings is 1. The minimum absolute atomic E-state index is 0.589. The zero-order valence-electron chi connectivity index (χ0n) is 10.7. The Kier molecular flexibility index (Phi) is 3.76. The van der Waals surface area contributed by atoms with Gasteiger partial charge in [0.2, 0.25) is 5.88 Å². The number of pyridine rings is 1. The average Bonchev–Trinajstić information content (AvgIpc) is 2.85. The van der Waals surface area contributed by atoms with Gasteiger partial charge in [-0.1, -0.05) is 31.9 Å². The zero-order valence-corrected chi connectivity index (χ0v) is 13.8. The normalized spacial score (nSPS) is 10.9. The highest BCUT2D eigenvalue weighted by Crippen LogP contribution is 2.30. The second-order valence-electron chi connectivity index (χ2n) is 4.16. The Morgan fingerprint density at radius 2 is 2.00 bits per heavy atom. The van der Waals surface area contributed by atoms with Crippen molar-refractivity contribution in [3.63, 3.8) is 0 Å². The van der Waals surface area contributed by atoms with Crippen LogP contribution < -0.4 is 4.74 Å². The van der Waals surface area contributed by atoms with Gasteiger partial charge in [0.1, 0.15) is 5.82 Å². The fourth-order valence-electron chi connectivity index (χ4n) is 1.91. The molecule has 0 aliphatic carbocycles. The molecule has 0 saturated heterocycles. The number of H-pyrrole nitrogens is 1. The van der Waals surface area contributed by atoms with E-state index in [2.05, 4.69) is 46.8 Å². The Balaban J connectivity index is 2.10. The molecule has 20 heavy (non-hydrogen) atoms. The van der Waals surface area contributed by atoms with Crippen LogP contribution in [0.25, 0.3) is 22.6 Å². The van der Waals surface area contributed by atoms with Gasteiger partial charge in [-0.2, -0.15) is 4.98 Å². The Bertz CT molecular complexity index is 770. The molecule has 1 N–H and O–H groups in total. The fraction of sp³-hybridized carbons (Fsp3) is 0.143. The molecule has 0 spiro atoms. The van der Waals surface area contributed by atoms with Crippen LogP contribution in [0.1, 0.15) is 6.92 Å². The molecule has 0 unspecified atom stereocenters. The van der Waals surface area contributed by atoms with Crippen molar-refractivity contribution < 1.29 is 4.74 Å². The molecule has 0 amide bonds. The monoisotopic (exact) mass is 395 g/mol. The number of ether oxygens (including phenoxy) is 1. The molecule has 0 radical (unpaired) electrons. The fourth-order valence-corrected chi connectivity index (χ4v) is 2.71. The van der Waals surface area contributed by atoms with Crippen molar-refractivity contribution in [1.82, 2.24) is 15.0 Å². The summed E-state index contributed by atoms with van der Waals surface area (Å²) in [6.07, 6.45) is 0. The number of halogens is 2. The summed E-state index contributed by atoms with van der Waals surface area (Å²) >= 11 is 7.01. The van der Waals surface area contributed by atoms with Gasteiger partial charge in [0.25, 0.3) is 0 Å². The minimum Gasteiger partial charge on any atom is -0.478 e. The molecule has 6 heteroatoms. The molecule has 3 aromatic rings. The minimum atomic E-state index is 0.589. The maximum absolute atomic E-state index is 5.39. The maximum Gasteiger partial charge on any atom is 0.215 e. The number of imidazole rings is 1. The van der Waals surface area contributed by atoms with Crippen molar-refractivity contribution in [2.45, 2.75) is 6.92 Å². The second-order valence-corrected chi connectivity index (χ2v) is 5.93. The maximum atomic E-state index is 5.39. The molecular weight excluding hydrogens is 386 g/mol. The highest BCUT2D eigenvalue weighted by molar-refractivity contribution is 9.11. The van der Waals surface area contributed by atoms with Crippen LogP contribution in [0.4, 0.5) is 0 Å². The van der Waals surface area contributed by atoms with E-state index in [4.69, 9.17) is 4.74 Å². The van der Waals surface area contributed by atoms with Crippen molar-refractivity contribution in [2.75, 3.05) is 6.61 Å². The summed E-state index contributed by atoms with van der Waals surface area (Å²) in [5.74, 6) is 1.36. The van der Waals surface area contributed by atoms with Crippen molar-refractivity contribution in [2.24, 2.45) is 0 Å². The van der Waals surface area contributed by atoms with Gasteiger partial charge >= 0.3 is 0 Å². The molecule has 2 heterocycles. The number of rotatable bonds is 3. The van der Waals surface area contributed by atoms with Gasteiger partial charge in [0.05, 0.1) is 12.1 Å². The number of aromatic amines is 1. The quantitative estimate of drug-likeness (QED) is 0.706. The first-order valence-electron chi connectivity index (χ1n) is 6.12. The lowest BCUT2D eigenvalue weighted by Gasteiger charge is -2.00. The summed E-state index contributed by atoms with van der Waals surface area (Å²) in [5, 5.41) is 0. The standard InChI is InChI=1S/C14H11Br2N3O/c1-2-20-12-6-5-11-14(18-12)19-13(17-11)9-7-8(15)3-4-10(9)16/h3-7H,2H2,1H3,(H,17,18,19). The van der Waals surface area contributed by atoms with Gasteiger partial charge in [-0.25, -0.2) is 4.98 Å². The van der Waals surface area contributed by atoms with Crippen LogP contribution in [0.3, 0.4) is 0 Å². The predicted molar refractivity (Wildman–Crippen MR) is 85.9 cm³/mol. The summed E-state index contributed by atoms with van der Waals surface area (Å²) in [6.45, 7) is 2.52. The van der Waals surface area contributed by atoms with E-state index >= 15 is 0 Å². The summed E-state index contributed by atoms with van der Waals surface area (Å²) in [5.41, 5.74) is 2.52. The third-order valence-electron chi connectivity index (χ3n) is 2.80. The Morgan fingerprint density at radius 3 is 2.80 bits per heavy atom. The number of hydrogen-bond acceptors (Lipinski definition) is 3. The van der Waals surface area contributed by atoms with Crippen molar-refractivity contribution in [1.29, 1.82) is 0 Å². The van der Waals surface area contributed by atoms with E-state index in [1.54, 1.807) is 0 Å². The molecule has 102 valence electrons. The molecule has 0 atom stereocenters. The molecule has 0 aliphatic heterocycles. The summed E-state index contributed by atoms with van der Waals surface area (Å²) < 4.78 is 7.37. The van der Waals surface area contributed by atoms with Gasteiger partial charge < -0.3 is 9.72 Å². The molecule has 4 nitrogen and oxygen atoms in total. The first-order chi connectivity index (χ1) is 9.67. The van der Waals surface area contributed by atoms with Crippen molar-refractivity contribution in [3.05, 3.63) is 39.3 Å². The lowest BCUT2D eigenvalue weighted by Crippen LogP contribution is -1.93. The van der Waals surface area contributed by atoms with Gasteiger partial charge in [0.15, 0.2) is 5.65 Å². The number of nitrogens with zero attached hydrogens (tertiary/aromatic N) is 2. The Labute approximate surface area is 132 Å². The molecule has 0 bridgehead atoms. The van der Waals surface area contributed by atoms with Crippen LogP contribution in [-0.2, 0) is 0 Å². The number of nitrogens with one attached hydrogen (secondary N) is 1. The van der Waals surface area contributed by atoms with Gasteiger partial charge in [-0.15, -0.1) is 0 Å². The Hall–Kier alpha value is -1.40. The van der Waals surface area contributed by atoms with Gasteiger partial charge in [-0.05, 0) is 31.2 Å². The third kappa shape index (κ3) is 2.58. The largest absolute Gasteiger partial charge is 0.478 e. The number of aromatic nitrogens is 3. The summed E-state index contributed by atoms with van der Waals surface area (Å²) in [7, 11) is 0. The van der Waals surface area contributed by atoms with E-state index in [1.807, 2.05) is 37.3 Å². The average molecular weight is 397 g/mol. The number of hydrogen-bond donors (Lipinski definition) is 1. The summed E-state index contributed by atoms with van der Waals surface area (Å²) in [4.78, 5) is 12.2. The number of fused-ring (bicyclic) bond motifs is 1. The van der Waals surface area contributed by atoms with Crippen molar-refractivity contribution in [3.8, 4) is 17.3 Å². The van der Waals surface area contributed by atoms with E-state index in [0.717, 1.165) is 25.8 Å². The van der Waals surface area contributed by atoms with E-state index in [9.17, 15) is 0 Å². The van der Waals surface area contributed by atoms with E-state index < -0.39 is 0 Å². The smallest absolute Gasteiger partial charge is 0.215 e. The second kappa shape index (κ2) is 5.54. The lowest BCUT2D eigenvalue weighted by molar-refractivity contribution is 0.328. The summed E-state index contributed by atoms with van der Waals surface area (Å²) in [6, 6.07) is 9.72. The zero-order chi connectivity index (χ0) is 14.1. The molecule has 0 aliphatic rings. The predicted octanol–water partition coefficient (Wildman–Crippen LogP) is 4.55. The van der Waals surface area contributed by atoms with Gasteiger partial charge in [0, 0.05) is 20.6 Å². The lowest BCUT2D eigenvalue weighted by atomic mass is 10.2. The Morgan fingerprint density at radius 1 is 1.15 bits per heavy atom. The molecule has 2 aromatic heterocycles. The van der Waals surface area contributed by atoms with Gasteiger partial charge in [-0.3, -0.25) is 0 Å². The van der Waals surface area contributed by atoms with E-state index in [1.165, 1.54) is 0 Å². The van der Waals surface area contributed by atoms with Crippen LogP contribution in [-0.4, -0.2) is 21.6 Å². The van der Waals surface area contributed by atoms with Crippen LogP contribution in [0.15, 0.2) is 39.3 Å². The highest BCUT2D eigenvalue weighted by Gasteiger charge is 2.10. The topological polar surface area (TPSA) is 50.8 Å². The third-order valence-corrected chi connectivity index (χ3v) is 3.98. The van der Waals surface area contributed by atoms with Crippen LogP contribution in [0, 0.1) is 0 Å². The molecule has 0 fully saturated rings. The van der Waals surface area contributed by atoms with Crippen molar-refractivity contribution >= 4 is 43.0 Å². The molecular formula is C14H11Br2N3O. The highest BCUT2D eigenvalue weighted by atomic mass is 79.9. The first-order valence-corrected chi connectivity index (χ1v) is 7.71. The van der Waals surface area contributed by atoms with Crippen LogP contribution in [0.5, 0.6) is 5.88 Å². The van der Waals surface area contributed by atoms with E-state index in [0.29, 0.717) is 18.1 Å². The van der Waals surface area contributed by atoms with E-state index in [-0.39, 0.29) is 0 Å². The van der Waals surface area contributed by atoms with Crippen LogP contribution in [0.2, 0.25) is 0 Å². The molecule has 1 aromatic carbocycles.